The van der Waals surface area contributed by atoms with Gasteiger partial charge in [-0.05, 0) is 0 Å². The van der Waals surface area contributed by atoms with E-state index >= 15 is 0 Å². The van der Waals surface area contributed by atoms with Crippen LogP contribution in [-0.4, -0.2) is 41.4 Å². The molecule has 0 saturated carbocycles. The van der Waals surface area contributed by atoms with Gasteiger partial charge in [-0.1, -0.05) is 6.92 Å². The summed E-state index contributed by atoms with van der Waals surface area (Å²) >= 11 is 2.00. The molecule has 1 aliphatic rings. The number of primary amides is 1. The van der Waals surface area contributed by atoms with Gasteiger partial charge in [-0.3, -0.25) is 4.79 Å². The van der Waals surface area contributed by atoms with E-state index in [1.54, 1.807) is 0 Å². The molecule has 3 nitrogen and oxygen atoms in total. The van der Waals surface area contributed by atoms with Gasteiger partial charge in [0.1, 0.15) is 0 Å². The van der Waals surface area contributed by atoms with Gasteiger partial charge in [-0.15, -0.1) is 0 Å². The van der Waals surface area contributed by atoms with Crippen LogP contribution in [0.2, 0.25) is 0 Å². The van der Waals surface area contributed by atoms with Crippen LogP contribution in [0.4, 0.5) is 0 Å². The SMILES string of the molecule is CC1CN(CCC(N)=O)CCS1. The highest BCUT2D eigenvalue weighted by molar-refractivity contribution is 7.99. The Morgan fingerprint density at radius 1 is 1.75 bits per heavy atom. The minimum absolute atomic E-state index is 0.194. The van der Waals surface area contributed by atoms with E-state index in [1.165, 1.54) is 5.75 Å². The Bertz CT molecular complexity index is 163. The van der Waals surface area contributed by atoms with Crippen LogP contribution in [0.1, 0.15) is 13.3 Å². The number of thioether (sulfide) groups is 1. The maximum absolute atomic E-state index is 10.5. The van der Waals surface area contributed by atoms with E-state index in [4.69, 9.17) is 5.73 Å². The van der Waals surface area contributed by atoms with E-state index in [9.17, 15) is 4.79 Å². The summed E-state index contributed by atoms with van der Waals surface area (Å²) in [6.07, 6.45) is 0.497. The van der Waals surface area contributed by atoms with E-state index in [2.05, 4.69) is 11.8 Å². The van der Waals surface area contributed by atoms with Crippen molar-refractivity contribution in [1.82, 2.24) is 4.90 Å². The van der Waals surface area contributed by atoms with E-state index in [0.717, 1.165) is 19.6 Å². The monoisotopic (exact) mass is 188 g/mol. The molecule has 1 saturated heterocycles. The first kappa shape index (κ1) is 9.86. The number of amides is 1. The molecule has 1 fully saturated rings. The van der Waals surface area contributed by atoms with Crippen molar-refractivity contribution in [3.8, 4) is 0 Å². The first-order valence-corrected chi connectivity index (χ1v) is 5.35. The second-order valence-electron chi connectivity index (χ2n) is 3.20. The molecule has 4 heteroatoms. The van der Waals surface area contributed by atoms with Crippen molar-refractivity contribution in [2.75, 3.05) is 25.4 Å². The highest BCUT2D eigenvalue weighted by Gasteiger charge is 2.16. The molecule has 0 aromatic heterocycles. The van der Waals surface area contributed by atoms with Crippen molar-refractivity contribution >= 4 is 17.7 Å². The van der Waals surface area contributed by atoms with Crippen molar-refractivity contribution in [2.45, 2.75) is 18.6 Å². The maximum atomic E-state index is 10.5. The van der Waals surface area contributed by atoms with E-state index in [-0.39, 0.29) is 5.91 Å². The van der Waals surface area contributed by atoms with Gasteiger partial charge in [0.2, 0.25) is 5.91 Å². The Hall–Kier alpha value is -0.220. The number of nitrogens with two attached hydrogens (primary N) is 1. The maximum Gasteiger partial charge on any atom is 0.218 e. The highest BCUT2D eigenvalue weighted by atomic mass is 32.2. The number of carbonyl (C=O) groups excluding carboxylic acids is 1. The molecule has 1 atom stereocenters. The molecule has 0 bridgehead atoms. The summed E-state index contributed by atoms with van der Waals surface area (Å²) < 4.78 is 0. The summed E-state index contributed by atoms with van der Waals surface area (Å²) in [5, 5.41) is 0.701. The lowest BCUT2D eigenvalue weighted by Crippen LogP contribution is -2.38. The molecule has 2 N–H and O–H groups in total. The summed E-state index contributed by atoms with van der Waals surface area (Å²) in [6, 6.07) is 0. The molecule has 0 radical (unpaired) electrons. The van der Waals surface area contributed by atoms with Gasteiger partial charge >= 0.3 is 0 Å². The Balaban J connectivity index is 2.18. The molecule has 1 unspecified atom stereocenters. The lowest BCUT2D eigenvalue weighted by atomic mass is 10.3. The first-order valence-electron chi connectivity index (χ1n) is 4.31. The van der Waals surface area contributed by atoms with E-state index in [0.29, 0.717) is 11.7 Å². The summed E-state index contributed by atoms with van der Waals surface area (Å²) in [7, 11) is 0. The van der Waals surface area contributed by atoms with E-state index < -0.39 is 0 Å². The van der Waals surface area contributed by atoms with Crippen LogP contribution in [0.5, 0.6) is 0 Å². The summed E-state index contributed by atoms with van der Waals surface area (Å²) in [6.45, 7) is 5.25. The number of hydrogen-bond donors (Lipinski definition) is 1. The third-order valence-electron chi connectivity index (χ3n) is 2.00. The molecule has 12 heavy (non-hydrogen) atoms. The van der Waals surface area contributed by atoms with Gasteiger partial charge < -0.3 is 10.6 Å². The zero-order valence-corrected chi connectivity index (χ0v) is 8.27. The molecule has 1 heterocycles. The molecule has 0 aliphatic carbocycles. The van der Waals surface area contributed by atoms with Crippen molar-refractivity contribution in [3.63, 3.8) is 0 Å². The van der Waals surface area contributed by atoms with E-state index in [1.807, 2.05) is 11.8 Å². The minimum atomic E-state index is -0.194. The summed E-state index contributed by atoms with van der Waals surface area (Å²) in [4.78, 5) is 12.8. The van der Waals surface area contributed by atoms with Crippen LogP contribution in [-0.2, 0) is 4.79 Å². The number of carbonyl (C=O) groups is 1. The topological polar surface area (TPSA) is 46.3 Å². The van der Waals surface area contributed by atoms with Crippen molar-refractivity contribution in [3.05, 3.63) is 0 Å². The Morgan fingerprint density at radius 2 is 2.50 bits per heavy atom. The lowest BCUT2D eigenvalue weighted by Gasteiger charge is -2.29. The average molecular weight is 188 g/mol. The molecule has 1 amide bonds. The van der Waals surface area contributed by atoms with Crippen LogP contribution in [0.3, 0.4) is 0 Å². The zero-order chi connectivity index (χ0) is 8.97. The molecule has 0 spiro atoms. The second-order valence-corrected chi connectivity index (χ2v) is 4.74. The Kier molecular flexibility index (Phi) is 3.88. The third-order valence-corrected chi connectivity index (χ3v) is 3.14. The van der Waals surface area contributed by atoms with Crippen molar-refractivity contribution < 1.29 is 4.79 Å². The van der Waals surface area contributed by atoms with Crippen molar-refractivity contribution in [1.29, 1.82) is 0 Å². The van der Waals surface area contributed by atoms with Gasteiger partial charge in [0, 0.05) is 37.1 Å². The lowest BCUT2D eigenvalue weighted by molar-refractivity contribution is -0.118. The normalized spacial score (nSPS) is 25.6. The Morgan fingerprint density at radius 3 is 3.08 bits per heavy atom. The van der Waals surface area contributed by atoms with Gasteiger partial charge in [0.25, 0.3) is 0 Å². The molecular weight excluding hydrogens is 172 g/mol. The fraction of sp³-hybridized carbons (Fsp3) is 0.875. The predicted molar refractivity (Wildman–Crippen MR) is 52.2 cm³/mol. The standard InChI is InChI=1S/C8H16N2OS/c1-7-6-10(4-5-12-7)3-2-8(9)11/h7H,2-6H2,1H3,(H2,9,11). The molecule has 1 aliphatic heterocycles. The molecule has 70 valence electrons. The second kappa shape index (κ2) is 4.72. The highest BCUT2D eigenvalue weighted by Crippen LogP contribution is 2.17. The number of rotatable bonds is 3. The number of nitrogens with zero attached hydrogens (tertiary/aromatic N) is 1. The quantitative estimate of drug-likeness (QED) is 0.693. The average Bonchev–Trinajstić information content (AvgIpc) is 2.01. The predicted octanol–water partition coefficient (Wildman–Crippen LogP) is 0.299. The molecular formula is C8H16N2OS. The number of hydrogen-bond acceptors (Lipinski definition) is 3. The fourth-order valence-electron chi connectivity index (χ4n) is 1.36. The molecule has 0 aromatic rings. The van der Waals surface area contributed by atoms with Crippen molar-refractivity contribution in [2.24, 2.45) is 5.73 Å². The van der Waals surface area contributed by atoms with Gasteiger partial charge in [-0.2, -0.15) is 11.8 Å². The summed E-state index contributed by atoms with van der Waals surface area (Å²) in [5.41, 5.74) is 5.07. The fourth-order valence-corrected chi connectivity index (χ4v) is 2.44. The third kappa shape index (κ3) is 3.45. The van der Waals surface area contributed by atoms with Crippen LogP contribution in [0.15, 0.2) is 0 Å². The van der Waals surface area contributed by atoms with Gasteiger partial charge in [0.15, 0.2) is 0 Å². The molecule has 1 rings (SSSR count). The first-order chi connectivity index (χ1) is 5.68. The van der Waals surface area contributed by atoms with Gasteiger partial charge in [-0.25, -0.2) is 0 Å². The van der Waals surface area contributed by atoms with Crippen LogP contribution < -0.4 is 5.73 Å². The van der Waals surface area contributed by atoms with Crippen LogP contribution >= 0.6 is 11.8 Å². The van der Waals surface area contributed by atoms with Crippen LogP contribution in [0.25, 0.3) is 0 Å². The minimum Gasteiger partial charge on any atom is -0.370 e. The zero-order valence-electron chi connectivity index (χ0n) is 7.45. The van der Waals surface area contributed by atoms with Crippen LogP contribution in [0, 0.1) is 0 Å². The summed E-state index contributed by atoms with van der Waals surface area (Å²) in [5.74, 6) is 0.987. The smallest absolute Gasteiger partial charge is 0.218 e. The molecule has 0 aromatic carbocycles. The van der Waals surface area contributed by atoms with Gasteiger partial charge in [0.05, 0.1) is 0 Å². The Labute approximate surface area is 77.7 Å². The largest absolute Gasteiger partial charge is 0.370 e.